The number of nitro groups is 1. The van der Waals surface area contributed by atoms with Gasteiger partial charge in [0, 0.05) is 31.3 Å². The summed E-state index contributed by atoms with van der Waals surface area (Å²) in [5.41, 5.74) is 0.961. The minimum Gasteiger partial charge on any atom is -0.308 e. The van der Waals surface area contributed by atoms with Gasteiger partial charge in [-0.05, 0) is 21.1 Å². The number of nitrogens with zero attached hydrogens (tertiary/aromatic N) is 3. The lowest BCUT2D eigenvalue weighted by molar-refractivity contribution is -0.385. The Kier molecular flexibility index (Phi) is 5.06. The molecule has 0 aliphatic heterocycles. The first kappa shape index (κ1) is 13.6. The Labute approximate surface area is 102 Å². The van der Waals surface area contributed by atoms with E-state index in [0.29, 0.717) is 6.54 Å². The van der Waals surface area contributed by atoms with E-state index in [2.05, 4.69) is 9.80 Å². The summed E-state index contributed by atoms with van der Waals surface area (Å²) in [6.07, 6.45) is 0. The number of nitro benzene ring substituents is 1. The van der Waals surface area contributed by atoms with Gasteiger partial charge in [-0.15, -0.1) is 0 Å². The van der Waals surface area contributed by atoms with Gasteiger partial charge in [0.1, 0.15) is 0 Å². The fraction of sp³-hybridized carbons (Fsp3) is 0.500. The smallest absolute Gasteiger partial charge is 0.273 e. The Balaban J connectivity index is 2.64. The van der Waals surface area contributed by atoms with E-state index in [9.17, 15) is 10.1 Å². The summed E-state index contributed by atoms with van der Waals surface area (Å²) in [5, 5.41) is 10.8. The van der Waals surface area contributed by atoms with Gasteiger partial charge in [0.05, 0.1) is 4.92 Å². The van der Waals surface area contributed by atoms with Gasteiger partial charge in [-0.25, -0.2) is 0 Å². The van der Waals surface area contributed by atoms with Crippen LogP contribution in [0, 0.1) is 10.1 Å². The molecule has 0 radical (unpaired) electrons. The van der Waals surface area contributed by atoms with Crippen LogP contribution < -0.4 is 0 Å². The Morgan fingerprint density at radius 2 is 1.82 bits per heavy atom. The van der Waals surface area contributed by atoms with E-state index in [1.54, 1.807) is 12.1 Å². The third kappa shape index (κ3) is 4.50. The molecule has 0 saturated carbocycles. The summed E-state index contributed by atoms with van der Waals surface area (Å²) in [5.74, 6) is 0. The molecule has 5 heteroatoms. The van der Waals surface area contributed by atoms with E-state index < -0.39 is 0 Å². The van der Waals surface area contributed by atoms with Crippen molar-refractivity contribution in [3.05, 3.63) is 39.9 Å². The van der Waals surface area contributed by atoms with Crippen molar-refractivity contribution in [2.24, 2.45) is 0 Å². The molecule has 0 fully saturated rings. The van der Waals surface area contributed by atoms with Crippen LogP contribution in [0.5, 0.6) is 0 Å². The molecular weight excluding hydrogens is 218 g/mol. The van der Waals surface area contributed by atoms with E-state index in [1.165, 1.54) is 0 Å². The molecule has 0 aliphatic carbocycles. The Morgan fingerprint density at radius 3 is 2.41 bits per heavy atom. The molecule has 0 spiro atoms. The average molecular weight is 237 g/mol. The van der Waals surface area contributed by atoms with Crippen molar-refractivity contribution < 1.29 is 4.92 Å². The van der Waals surface area contributed by atoms with Gasteiger partial charge >= 0.3 is 0 Å². The molecule has 0 heterocycles. The van der Waals surface area contributed by atoms with E-state index in [-0.39, 0.29) is 10.6 Å². The monoisotopic (exact) mass is 237 g/mol. The minimum atomic E-state index is -0.324. The van der Waals surface area contributed by atoms with Crippen LogP contribution in [0.4, 0.5) is 5.69 Å². The van der Waals surface area contributed by atoms with Crippen LogP contribution in [-0.2, 0) is 6.54 Å². The topological polar surface area (TPSA) is 49.6 Å². The molecule has 0 saturated heterocycles. The number of hydrogen-bond acceptors (Lipinski definition) is 4. The Hall–Kier alpha value is -1.46. The van der Waals surface area contributed by atoms with Gasteiger partial charge in [0.15, 0.2) is 0 Å². The van der Waals surface area contributed by atoms with Gasteiger partial charge < -0.3 is 9.80 Å². The quantitative estimate of drug-likeness (QED) is 0.557. The predicted molar refractivity (Wildman–Crippen MR) is 68.0 cm³/mol. The highest BCUT2D eigenvalue weighted by Crippen LogP contribution is 2.18. The van der Waals surface area contributed by atoms with E-state index in [4.69, 9.17) is 0 Å². The van der Waals surface area contributed by atoms with Gasteiger partial charge in [0.2, 0.25) is 0 Å². The van der Waals surface area contributed by atoms with E-state index in [0.717, 1.165) is 18.7 Å². The van der Waals surface area contributed by atoms with E-state index in [1.807, 2.05) is 33.3 Å². The number of rotatable bonds is 6. The molecule has 5 nitrogen and oxygen atoms in total. The molecule has 17 heavy (non-hydrogen) atoms. The number of benzene rings is 1. The predicted octanol–water partition coefficient (Wildman–Crippen LogP) is 1.59. The summed E-state index contributed by atoms with van der Waals surface area (Å²) in [6.45, 7) is 2.43. The second-order valence-corrected chi connectivity index (χ2v) is 4.43. The fourth-order valence-corrected chi connectivity index (χ4v) is 1.56. The van der Waals surface area contributed by atoms with Crippen molar-refractivity contribution >= 4 is 5.69 Å². The van der Waals surface area contributed by atoms with Crippen molar-refractivity contribution in [2.45, 2.75) is 6.54 Å². The van der Waals surface area contributed by atoms with Crippen LogP contribution >= 0.6 is 0 Å². The van der Waals surface area contributed by atoms with Crippen LogP contribution in [0.2, 0.25) is 0 Å². The highest BCUT2D eigenvalue weighted by molar-refractivity contribution is 5.39. The Bertz CT molecular complexity index is 380. The third-order valence-corrected chi connectivity index (χ3v) is 2.56. The zero-order valence-corrected chi connectivity index (χ0v) is 10.6. The zero-order valence-electron chi connectivity index (χ0n) is 10.6. The zero-order chi connectivity index (χ0) is 12.8. The van der Waals surface area contributed by atoms with Crippen LogP contribution in [0.25, 0.3) is 0 Å². The maximum Gasteiger partial charge on any atom is 0.273 e. The summed E-state index contributed by atoms with van der Waals surface area (Å²) < 4.78 is 0. The molecule has 0 bridgehead atoms. The van der Waals surface area contributed by atoms with Crippen LogP contribution in [-0.4, -0.2) is 49.0 Å². The van der Waals surface area contributed by atoms with Gasteiger partial charge in [-0.1, -0.05) is 18.2 Å². The lowest BCUT2D eigenvalue weighted by Gasteiger charge is -2.19. The standard InChI is InChI=1S/C12H19N3O2/c1-13(2)8-9-14(3)10-11-6-4-5-7-12(11)15(16)17/h4-7H,8-10H2,1-3H3. The molecule has 0 aliphatic rings. The van der Waals surface area contributed by atoms with Crippen LogP contribution in [0.15, 0.2) is 24.3 Å². The number of hydrogen-bond donors (Lipinski definition) is 0. The highest BCUT2D eigenvalue weighted by Gasteiger charge is 2.13. The van der Waals surface area contributed by atoms with Crippen molar-refractivity contribution in [3.8, 4) is 0 Å². The van der Waals surface area contributed by atoms with Crippen molar-refractivity contribution in [1.29, 1.82) is 0 Å². The summed E-state index contributed by atoms with van der Waals surface area (Å²) in [6, 6.07) is 6.89. The lowest BCUT2D eigenvalue weighted by Crippen LogP contribution is -2.28. The van der Waals surface area contributed by atoms with Gasteiger partial charge in [-0.2, -0.15) is 0 Å². The molecule has 94 valence electrons. The molecule has 0 N–H and O–H groups in total. The summed E-state index contributed by atoms with van der Waals surface area (Å²) in [7, 11) is 6.00. The van der Waals surface area contributed by atoms with Gasteiger partial charge in [-0.3, -0.25) is 10.1 Å². The molecule has 0 atom stereocenters. The van der Waals surface area contributed by atoms with Crippen LogP contribution in [0.3, 0.4) is 0 Å². The van der Waals surface area contributed by atoms with Crippen molar-refractivity contribution in [2.75, 3.05) is 34.2 Å². The average Bonchev–Trinajstić information content (AvgIpc) is 2.27. The summed E-state index contributed by atoms with van der Waals surface area (Å²) >= 11 is 0. The molecule has 0 aromatic heterocycles. The molecule has 1 rings (SSSR count). The van der Waals surface area contributed by atoms with Crippen LogP contribution in [0.1, 0.15) is 5.56 Å². The number of para-hydroxylation sites is 1. The largest absolute Gasteiger partial charge is 0.308 e. The Morgan fingerprint density at radius 1 is 1.18 bits per heavy atom. The van der Waals surface area contributed by atoms with Crippen molar-refractivity contribution in [1.82, 2.24) is 9.80 Å². The second-order valence-electron chi connectivity index (χ2n) is 4.43. The maximum absolute atomic E-state index is 10.8. The van der Waals surface area contributed by atoms with Gasteiger partial charge in [0.25, 0.3) is 5.69 Å². The third-order valence-electron chi connectivity index (χ3n) is 2.56. The lowest BCUT2D eigenvalue weighted by atomic mass is 10.1. The first-order chi connectivity index (χ1) is 8.00. The molecule has 1 aromatic rings. The first-order valence-electron chi connectivity index (χ1n) is 5.56. The maximum atomic E-state index is 10.8. The number of likely N-dealkylation sites (N-methyl/N-ethyl adjacent to an activating group) is 2. The fourth-order valence-electron chi connectivity index (χ4n) is 1.56. The summed E-state index contributed by atoms with van der Waals surface area (Å²) in [4.78, 5) is 14.7. The van der Waals surface area contributed by atoms with Crippen molar-refractivity contribution in [3.63, 3.8) is 0 Å². The molecular formula is C12H19N3O2. The highest BCUT2D eigenvalue weighted by atomic mass is 16.6. The molecule has 0 unspecified atom stereocenters. The normalized spacial score (nSPS) is 11.1. The first-order valence-corrected chi connectivity index (χ1v) is 5.56. The second kappa shape index (κ2) is 6.32. The molecule has 0 amide bonds. The molecule has 1 aromatic carbocycles. The van der Waals surface area contributed by atoms with E-state index >= 15 is 0 Å². The minimum absolute atomic E-state index is 0.198. The SMILES string of the molecule is CN(C)CCN(C)Cc1ccccc1[N+](=O)[O-].